The lowest BCUT2D eigenvalue weighted by Gasteiger charge is -2.23. The maximum Gasteiger partial charge on any atom is 0.317 e. The van der Waals surface area contributed by atoms with Crippen LogP contribution in [0.4, 0.5) is 9.18 Å². The van der Waals surface area contributed by atoms with E-state index in [1.54, 1.807) is 16.8 Å². The van der Waals surface area contributed by atoms with Crippen molar-refractivity contribution in [2.24, 2.45) is 0 Å². The minimum absolute atomic E-state index is 0.0579. The Labute approximate surface area is 194 Å². The Hall–Kier alpha value is -3.35. The molecule has 6 nitrogen and oxygen atoms in total. The van der Waals surface area contributed by atoms with Gasteiger partial charge in [0.1, 0.15) is 11.6 Å². The normalized spacial score (nSPS) is 13.1. The van der Waals surface area contributed by atoms with E-state index in [0.717, 1.165) is 36.1 Å². The summed E-state index contributed by atoms with van der Waals surface area (Å²) in [4.78, 5) is 14.8. The van der Waals surface area contributed by atoms with Crippen molar-refractivity contribution in [2.45, 2.75) is 59.0 Å². The summed E-state index contributed by atoms with van der Waals surface area (Å²) in [6.07, 6.45) is 3.57. The minimum Gasteiger partial charge on any atom is -0.439 e. The number of amides is 2. The molecule has 33 heavy (non-hydrogen) atoms. The summed E-state index contributed by atoms with van der Waals surface area (Å²) in [6.45, 7) is 7.14. The molecule has 1 N–H and O–H groups in total. The molecule has 0 aliphatic heterocycles. The first-order valence-corrected chi connectivity index (χ1v) is 11.7. The Bertz CT molecular complexity index is 1110. The van der Waals surface area contributed by atoms with Crippen molar-refractivity contribution in [3.05, 3.63) is 71.2 Å². The van der Waals surface area contributed by atoms with E-state index < -0.39 is 0 Å². The van der Waals surface area contributed by atoms with Gasteiger partial charge in [-0.05, 0) is 74.6 Å². The molecular weight excluding hydrogens is 419 g/mol. The van der Waals surface area contributed by atoms with E-state index in [1.165, 1.54) is 12.1 Å². The lowest BCUT2D eigenvalue weighted by Crippen LogP contribution is -2.41. The number of hydrogen-bond donors (Lipinski definition) is 1. The summed E-state index contributed by atoms with van der Waals surface area (Å²) in [5, 5.41) is 7.82. The van der Waals surface area contributed by atoms with Gasteiger partial charge in [-0.15, -0.1) is 0 Å². The van der Waals surface area contributed by atoms with Crippen LogP contribution < -0.4 is 10.1 Å². The van der Waals surface area contributed by atoms with Crippen molar-refractivity contribution in [3.63, 3.8) is 0 Å². The van der Waals surface area contributed by atoms with Crippen molar-refractivity contribution in [3.8, 4) is 17.3 Å². The molecule has 0 bridgehead atoms. The van der Waals surface area contributed by atoms with Gasteiger partial charge in [0.2, 0.25) is 5.88 Å². The van der Waals surface area contributed by atoms with Crippen LogP contribution in [-0.2, 0) is 13.0 Å². The average Bonchev–Trinajstić information content (AvgIpc) is 3.59. The second kappa shape index (κ2) is 10.1. The zero-order valence-electron chi connectivity index (χ0n) is 19.5. The molecule has 1 saturated carbocycles. The molecule has 3 aromatic rings. The van der Waals surface area contributed by atoms with Crippen LogP contribution >= 0.6 is 0 Å². The fourth-order valence-corrected chi connectivity index (χ4v) is 3.83. The van der Waals surface area contributed by atoms with E-state index in [0.29, 0.717) is 36.8 Å². The number of urea groups is 1. The zero-order chi connectivity index (χ0) is 23.4. The molecule has 1 aliphatic rings. The highest BCUT2D eigenvalue weighted by molar-refractivity contribution is 5.75. The summed E-state index contributed by atoms with van der Waals surface area (Å²) < 4.78 is 21.7. The van der Waals surface area contributed by atoms with Gasteiger partial charge in [0.15, 0.2) is 0 Å². The Kier molecular flexibility index (Phi) is 6.96. The summed E-state index contributed by atoms with van der Waals surface area (Å²) >= 11 is 0. The number of benzene rings is 2. The van der Waals surface area contributed by atoms with Crippen molar-refractivity contribution < 1.29 is 13.9 Å². The number of rotatable bonds is 9. The minimum atomic E-state index is -0.310. The van der Waals surface area contributed by atoms with Crippen LogP contribution in [0.5, 0.6) is 11.6 Å². The van der Waals surface area contributed by atoms with Crippen molar-refractivity contribution in [2.75, 3.05) is 6.54 Å². The lowest BCUT2D eigenvalue weighted by molar-refractivity contribution is 0.191. The molecule has 1 heterocycles. The van der Waals surface area contributed by atoms with Crippen LogP contribution in [0.15, 0.2) is 48.5 Å². The summed E-state index contributed by atoms with van der Waals surface area (Å²) in [7, 11) is 0. The van der Waals surface area contributed by atoms with Crippen molar-refractivity contribution in [1.82, 2.24) is 20.0 Å². The molecule has 0 unspecified atom stereocenters. The van der Waals surface area contributed by atoms with E-state index >= 15 is 0 Å². The number of nitrogens with one attached hydrogen (secondary N) is 1. The quantitative estimate of drug-likeness (QED) is 0.451. The molecule has 174 valence electrons. The standard InChI is InChI=1S/C26H31FN4O2/c1-4-15-28-26(32)30(20-13-14-20)17-23-24(5-2)29-31(21-11-9-19(27)10-12-21)25(23)33-22-8-6-7-18(3)16-22/h6-12,16,20H,4-5,13-15,17H2,1-3H3,(H,28,32). The van der Waals surface area contributed by atoms with E-state index in [1.807, 2.05) is 49.9 Å². The third kappa shape index (κ3) is 5.35. The third-order valence-electron chi connectivity index (χ3n) is 5.73. The maximum absolute atomic E-state index is 13.6. The fraction of sp³-hybridized carbons (Fsp3) is 0.385. The highest BCUT2D eigenvalue weighted by Gasteiger charge is 2.35. The number of aromatic nitrogens is 2. The van der Waals surface area contributed by atoms with E-state index in [4.69, 9.17) is 9.84 Å². The zero-order valence-corrected chi connectivity index (χ0v) is 19.5. The van der Waals surface area contributed by atoms with Gasteiger partial charge in [0.05, 0.1) is 23.5 Å². The smallest absolute Gasteiger partial charge is 0.317 e. The highest BCUT2D eigenvalue weighted by Crippen LogP contribution is 2.35. The molecule has 0 radical (unpaired) electrons. The number of halogens is 1. The van der Waals surface area contributed by atoms with Crippen LogP contribution in [0.2, 0.25) is 0 Å². The van der Waals surface area contributed by atoms with Crippen molar-refractivity contribution in [1.29, 1.82) is 0 Å². The molecule has 1 aliphatic carbocycles. The number of hydrogen-bond acceptors (Lipinski definition) is 3. The molecular formula is C26H31FN4O2. The first-order valence-electron chi connectivity index (χ1n) is 11.7. The predicted molar refractivity (Wildman–Crippen MR) is 126 cm³/mol. The topological polar surface area (TPSA) is 59.4 Å². The van der Waals surface area contributed by atoms with Gasteiger partial charge in [-0.1, -0.05) is 26.0 Å². The molecule has 7 heteroatoms. The second-order valence-electron chi connectivity index (χ2n) is 8.48. The Morgan fingerprint density at radius 2 is 1.97 bits per heavy atom. The molecule has 0 atom stereocenters. The van der Waals surface area contributed by atoms with Gasteiger partial charge in [-0.3, -0.25) is 0 Å². The molecule has 1 fully saturated rings. The van der Waals surface area contributed by atoms with Gasteiger partial charge in [-0.25, -0.2) is 13.9 Å². The summed E-state index contributed by atoms with van der Waals surface area (Å²) in [6, 6.07) is 14.2. The molecule has 2 amide bonds. The molecule has 4 rings (SSSR count). The van der Waals surface area contributed by atoms with Crippen LogP contribution in [-0.4, -0.2) is 33.3 Å². The van der Waals surface area contributed by atoms with Crippen molar-refractivity contribution >= 4 is 6.03 Å². The number of carbonyl (C=O) groups is 1. The SMILES string of the molecule is CCCNC(=O)N(Cc1c(CC)nn(-c2ccc(F)cc2)c1Oc1cccc(C)c1)C1CC1. The lowest BCUT2D eigenvalue weighted by atomic mass is 10.2. The number of ether oxygens (including phenoxy) is 1. The maximum atomic E-state index is 13.6. The Balaban J connectivity index is 1.77. The van der Waals surface area contributed by atoms with Crippen LogP contribution in [0.1, 0.15) is 49.9 Å². The largest absolute Gasteiger partial charge is 0.439 e. The number of aryl methyl sites for hydroxylation is 2. The Morgan fingerprint density at radius 1 is 1.21 bits per heavy atom. The van der Waals surface area contributed by atoms with Crippen LogP contribution in [0, 0.1) is 12.7 Å². The fourth-order valence-electron chi connectivity index (χ4n) is 3.83. The number of carbonyl (C=O) groups excluding carboxylic acids is 1. The monoisotopic (exact) mass is 450 g/mol. The molecule has 0 spiro atoms. The van der Waals surface area contributed by atoms with Crippen LogP contribution in [0.25, 0.3) is 5.69 Å². The van der Waals surface area contributed by atoms with Gasteiger partial charge in [0, 0.05) is 12.6 Å². The predicted octanol–water partition coefficient (Wildman–Crippen LogP) is 5.76. The number of nitrogens with zero attached hydrogens (tertiary/aromatic N) is 3. The van der Waals surface area contributed by atoms with Gasteiger partial charge in [0.25, 0.3) is 0 Å². The van der Waals surface area contributed by atoms with Gasteiger partial charge < -0.3 is 15.0 Å². The summed E-state index contributed by atoms with van der Waals surface area (Å²) in [5.41, 5.74) is 3.52. The molecule has 1 aromatic heterocycles. The first kappa shape index (κ1) is 22.8. The molecule has 2 aromatic carbocycles. The van der Waals surface area contributed by atoms with Gasteiger partial charge in [-0.2, -0.15) is 5.10 Å². The summed E-state index contributed by atoms with van der Waals surface area (Å²) in [5.74, 6) is 0.934. The molecule has 0 saturated heterocycles. The Morgan fingerprint density at radius 3 is 2.61 bits per heavy atom. The first-order chi connectivity index (χ1) is 16.0. The van der Waals surface area contributed by atoms with E-state index in [-0.39, 0.29) is 17.9 Å². The van der Waals surface area contributed by atoms with Crippen LogP contribution in [0.3, 0.4) is 0 Å². The second-order valence-corrected chi connectivity index (χ2v) is 8.48. The average molecular weight is 451 g/mol. The van der Waals surface area contributed by atoms with E-state index in [9.17, 15) is 9.18 Å². The van der Waals surface area contributed by atoms with E-state index in [2.05, 4.69) is 5.32 Å². The van der Waals surface area contributed by atoms with Gasteiger partial charge >= 0.3 is 6.03 Å². The third-order valence-corrected chi connectivity index (χ3v) is 5.73. The highest BCUT2D eigenvalue weighted by atomic mass is 19.1.